The standard InChI is InChI=1S/C10H11BrN2/c1-2-13-6-9(12)8-4-3-7(11)5-10(8)13/h3-6H,2,12H2,1H3. The summed E-state index contributed by atoms with van der Waals surface area (Å²) >= 11 is 3.45. The zero-order chi connectivity index (χ0) is 9.42. The molecule has 3 heteroatoms. The lowest BCUT2D eigenvalue weighted by atomic mass is 10.2. The zero-order valence-corrected chi connectivity index (χ0v) is 9.01. The predicted octanol–water partition coefficient (Wildman–Crippen LogP) is 3.01. The number of hydrogen-bond acceptors (Lipinski definition) is 1. The molecule has 2 aromatic rings. The first-order chi connectivity index (χ1) is 6.22. The highest BCUT2D eigenvalue weighted by molar-refractivity contribution is 9.10. The average molecular weight is 239 g/mol. The van der Waals surface area contributed by atoms with Crippen molar-refractivity contribution in [3.8, 4) is 0 Å². The molecule has 0 atom stereocenters. The van der Waals surface area contributed by atoms with E-state index in [4.69, 9.17) is 5.73 Å². The Balaban J connectivity index is 2.81. The molecule has 2 N–H and O–H groups in total. The summed E-state index contributed by atoms with van der Waals surface area (Å²) in [4.78, 5) is 0. The summed E-state index contributed by atoms with van der Waals surface area (Å²) < 4.78 is 3.24. The van der Waals surface area contributed by atoms with Crippen LogP contribution < -0.4 is 5.73 Å². The van der Waals surface area contributed by atoms with Gasteiger partial charge in [0.05, 0.1) is 11.2 Å². The topological polar surface area (TPSA) is 30.9 Å². The van der Waals surface area contributed by atoms with Crippen molar-refractivity contribution in [2.75, 3.05) is 5.73 Å². The summed E-state index contributed by atoms with van der Waals surface area (Å²) in [6.45, 7) is 3.06. The van der Waals surface area contributed by atoms with Crippen LogP contribution in [0.4, 0.5) is 5.69 Å². The van der Waals surface area contributed by atoms with Gasteiger partial charge >= 0.3 is 0 Å². The minimum absolute atomic E-state index is 0.851. The van der Waals surface area contributed by atoms with Gasteiger partial charge in [-0.3, -0.25) is 0 Å². The number of nitrogen functional groups attached to an aromatic ring is 1. The van der Waals surface area contributed by atoms with Crippen molar-refractivity contribution in [1.29, 1.82) is 0 Å². The van der Waals surface area contributed by atoms with Gasteiger partial charge in [-0.1, -0.05) is 15.9 Å². The first-order valence-corrected chi connectivity index (χ1v) is 5.05. The summed E-state index contributed by atoms with van der Waals surface area (Å²) in [5, 5.41) is 1.13. The van der Waals surface area contributed by atoms with Crippen molar-refractivity contribution in [1.82, 2.24) is 4.57 Å². The predicted molar refractivity (Wildman–Crippen MR) is 59.7 cm³/mol. The molecule has 0 radical (unpaired) electrons. The van der Waals surface area contributed by atoms with E-state index in [1.54, 1.807) is 0 Å². The molecule has 68 valence electrons. The Morgan fingerprint density at radius 3 is 2.92 bits per heavy atom. The van der Waals surface area contributed by atoms with Crippen LogP contribution in [0.5, 0.6) is 0 Å². The van der Waals surface area contributed by atoms with Gasteiger partial charge in [-0.25, -0.2) is 0 Å². The second-order valence-electron chi connectivity index (χ2n) is 3.03. The van der Waals surface area contributed by atoms with Crippen molar-refractivity contribution < 1.29 is 0 Å². The Labute approximate surface area is 85.5 Å². The fourth-order valence-corrected chi connectivity index (χ4v) is 1.90. The van der Waals surface area contributed by atoms with E-state index in [0.29, 0.717) is 0 Å². The van der Waals surface area contributed by atoms with Gasteiger partial charge in [-0.2, -0.15) is 0 Å². The Hall–Kier alpha value is -0.960. The van der Waals surface area contributed by atoms with Crippen LogP contribution in [0.15, 0.2) is 28.9 Å². The van der Waals surface area contributed by atoms with Gasteiger partial charge < -0.3 is 10.3 Å². The number of nitrogens with zero attached hydrogens (tertiary/aromatic N) is 1. The quantitative estimate of drug-likeness (QED) is 0.814. The molecule has 0 unspecified atom stereocenters. The largest absolute Gasteiger partial charge is 0.397 e. The van der Waals surface area contributed by atoms with Crippen molar-refractivity contribution >= 4 is 32.5 Å². The van der Waals surface area contributed by atoms with Gasteiger partial charge in [0.2, 0.25) is 0 Å². The molecule has 2 nitrogen and oxygen atoms in total. The van der Waals surface area contributed by atoms with E-state index >= 15 is 0 Å². The molecule has 1 heterocycles. The smallest absolute Gasteiger partial charge is 0.0574 e. The minimum Gasteiger partial charge on any atom is -0.397 e. The molecular weight excluding hydrogens is 228 g/mol. The van der Waals surface area contributed by atoms with E-state index in [9.17, 15) is 0 Å². The highest BCUT2D eigenvalue weighted by Gasteiger charge is 2.04. The summed E-state index contributed by atoms with van der Waals surface area (Å²) in [5.74, 6) is 0. The Kier molecular flexibility index (Phi) is 2.04. The summed E-state index contributed by atoms with van der Waals surface area (Å²) in [5.41, 5.74) is 7.91. The third-order valence-electron chi connectivity index (χ3n) is 2.22. The maximum absolute atomic E-state index is 5.87. The van der Waals surface area contributed by atoms with Crippen molar-refractivity contribution in [3.63, 3.8) is 0 Å². The third-order valence-corrected chi connectivity index (χ3v) is 2.71. The minimum atomic E-state index is 0.851. The molecule has 0 spiro atoms. The highest BCUT2D eigenvalue weighted by Crippen LogP contribution is 2.26. The van der Waals surface area contributed by atoms with Gasteiger partial charge in [0.1, 0.15) is 0 Å². The van der Waals surface area contributed by atoms with E-state index in [0.717, 1.165) is 22.1 Å². The number of hydrogen-bond donors (Lipinski definition) is 1. The second kappa shape index (κ2) is 3.07. The highest BCUT2D eigenvalue weighted by atomic mass is 79.9. The number of aryl methyl sites for hydroxylation is 1. The Bertz CT molecular complexity index is 445. The number of aromatic nitrogens is 1. The normalized spacial score (nSPS) is 10.9. The zero-order valence-electron chi connectivity index (χ0n) is 7.42. The number of fused-ring (bicyclic) bond motifs is 1. The van der Waals surface area contributed by atoms with Crippen LogP contribution in [-0.2, 0) is 6.54 Å². The second-order valence-corrected chi connectivity index (χ2v) is 3.95. The maximum Gasteiger partial charge on any atom is 0.0574 e. The van der Waals surface area contributed by atoms with Gasteiger partial charge in [-0.05, 0) is 25.1 Å². The van der Waals surface area contributed by atoms with E-state index in [-0.39, 0.29) is 0 Å². The molecule has 0 fully saturated rings. The molecule has 1 aromatic carbocycles. The molecule has 0 aliphatic rings. The van der Waals surface area contributed by atoms with Gasteiger partial charge in [0.15, 0.2) is 0 Å². The molecule has 0 aliphatic heterocycles. The molecule has 0 saturated carbocycles. The monoisotopic (exact) mass is 238 g/mol. The lowest BCUT2D eigenvalue weighted by Gasteiger charge is -1.99. The number of rotatable bonds is 1. The van der Waals surface area contributed by atoms with E-state index < -0.39 is 0 Å². The fourth-order valence-electron chi connectivity index (χ4n) is 1.56. The van der Waals surface area contributed by atoms with E-state index in [2.05, 4.69) is 33.5 Å². The lowest BCUT2D eigenvalue weighted by molar-refractivity contribution is 0.798. The average Bonchev–Trinajstić information content (AvgIpc) is 2.42. The van der Waals surface area contributed by atoms with Crippen LogP contribution in [0.1, 0.15) is 6.92 Å². The molecule has 0 amide bonds. The molecule has 0 saturated heterocycles. The number of nitrogens with two attached hydrogens (primary N) is 1. The number of anilines is 1. The van der Waals surface area contributed by atoms with Gasteiger partial charge in [0, 0.05) is 22.6 Å². The molecule has 0 aliphatic carbocycles. The first kappa shape index (κ1) is 8.63. The van der Waals surface area contributed by atoms with Crippen LogP contribution in [0.25, 0.3) is 10.9 Å². The summed E-state index contributed by atoms with van der Waals surface area (Å²) in [7, 11) is 0. The van der Waals surface area contributed by atoms with E-state index in [1.807, 2.05) is 18.3 Å². The number of halogens is 1. The SMILES string of the molecule is CCn1cc(N)c2ccc(Br)cc21. The summed E-state index contributed by atoms with van der Waals surface area (Å²) in [6, 6.07) is 6.15. The molecular formula is C10H11BrN2. The lowest BCUT2D eigenvalue weighted by Crippen LogP contribution is -1.90. The van der Waals surface area contributed by atoms with Crippen LogP contribution in [-0.4, -0.2) is 4.57 Å². The third kappa shape index (κ3) is 1.33. The van der Waals surface area contributed by atoms with Crippen LogP contribution in [0, 0.1) is 0 Å². The maximum atomic E-state index is 5.87. The van der Waals surface area contributed by atoms with Crippen LogP contribution in [0.2, 0.25) is 0 Å². The van der Waals surface area contributed by atoms with Crippen molar-refractivity contribution in [3.05, 3.63) is 28.9 Å². The summed E-state index contributed by atoms with van der Waals surface area (Å²) in [6.07, 6.45) is 1.98. The molecule has 1 aromatic heterocycles. The Morgan fingerprint density at radius 2 is 2.23 bits per heavy atom. The van der Waals surface area contributed by atoms with Crippen LogP contribution >= 0.6 is 15.9 Å². The molecule has 13 heavy (non-hydrogen) atoms. The van der Waals surface area contributed by atoms with E-state index in [1.165, 1.54) is 5.52 Å². The van der Waals surface area contributed by atoms with Gasteiger partial charge in [-0.15, -0.1) is 0 Å². The Morgan fingerprint density at radius 1 is 1.46 bits per heavy atom. The van der Waals surface area contributed by atoms with Crippen LogP contribution in [0.3, 0.4) is 0 Å². The molecule has 0 bridgehead atoms. The fraction of sp³-hybridized carbons (Fsp3) is 0.200. The number of benzene rings is 1. The van der Waals surface area contributed by atoms with Crippen molar-refractivity contribution in [2.45, 2.75) is 13.5 Å². The molecule has 2 rings (SSSR count). The first-order valence-electron chi connectivity index (χ1n) is 4.26. The van der Waals surface area contributed by atoms with Crippen molar-refractivity contribution in [2.24, 2.45) is 0 Å². The van der Waals surface area contributed by atoms with Gasteiger partial charge in [0.25, 0.3) is 0 Å².